The van der Waals surface area contributed by atoms with Gasteiger partial charge in [-0.25, -0.2) is 0 Å². The lowest BCUT2D eigenvalue weighted by molar-refractivity contribution is -0.170. The van der Waals surface area contributed by atoms with Gasteiger partial charge in [-0.2, -0.15) is 0 Å². The maximum Gasteiger partial charge on any atom is 0.323 e. The number of nitrogens with zero attached hydrogens (tertiary/aromatic N) is 3. The van der Waals surface area contributed by atoms with Gasteiger partial charge in [0.1, 0.15) is 34.0 Å². The van der Waals surface area contributed by atoms with Crippen LogP contribution in [0.3, 0.4) is 0 Å². The molecule has 0 aromatic carbocycles. The molecule has 2 N–H and O–H groups in total. The van der Waals surface area contributed by atoms with Gasteiger partial charge in [-0.15, -0.1) is 0 Å². The molecule has 0 aromatic rings. The Balaban J connectivity index is 1.59. The third-order valence-corrected chi connectivity index (χ3v) is 17.2. The van der Waals surface area contributed by atoms with Gasteiger partial charge in [-0.3, -0.25) is 48.3 Å². The summed E-state index contributed by atoms with van der Waals surface area (Å²) >= 11 is 0. The lowest BCUT2D eigenvalue weighted by Crippen LogP contribution is -2.59. The van der Waals surface area contributed by atoms with Crippen LogP contribution in [0.4, 0.5) is 0 Å². The number of carbonyl (C=O) groups excluding carboxylic acids is 7. The molecule has 4 rings (SSSR count). The van der Waals surface area contributed by atoms with E-state index < -0.39 is 70.0 Å². The third kappa shape index (κ3) is 21.1. The highest BCUT2D eigenvalue weighted by Crippen LogP contribution is 2.68. The SMILES string of the molecule is COC(=O)CC[C@@H](C)[C@H]1CC[C@H]2[C@@H]3CC[C@@H]4C[C@@H](NC(=O)CC[C@@H](C(=O)OC(C)(C)C)N(CCN(CC(=O)OC(C)(C)C)CC(=O)OC(C)(C)C)CCN(CC(=O)OC(C)(C)C)CC(=O)OC(C)(C)C)CC[C@]4(C)[C@H]3C[C@H](O)[C@]12C. The van der Waals surface area contributed by atoms with Crippen molar-refractivity contribution in [1.29, 1.82) is 0 Å². The summed E-state index contributed by atoms with van der Waals surface area (Å²) in [6.45, 7) is 32.6. The Kier molecular flexibility index (Phi) is 23.7. The Labute approximate surface area is 480 Å². The van der Waals surface area contributed by atoms with Crippen molar-refractivity contribution in [3.8, 4) is 0 Å². The van der Waals surface area contributed by atoms with E-state index in [0.29, 0.717) is 41.9 Å². The molecule has 0 spiro atoms. The number of methoxy groups -OCH3 is 1. The van der Waals surface area contributed by atoms with Crippen molar-refractivity contribution >= 4 is 41.7 Å². The van der Waals surface area contributed by atoms with Crippen molar-refractivity contribution in [3.63, 3.8) is 0 Å². The van der Waals surface area contributed by atoms with E-state index >= 15 is 0 Å². The zero-order chi connectivity index (χ0) is 60.6. The standard InChI is InChI=1S/C62H108N4O14/c1-40(20-27-50(69)75-19)44-23-24-45-43-22-21-41-34-42(28-29-61(41,17)46(43)35-48(67)62(44,45)18)63-49(68)26-25-47(55(74)80-60(14,15)16)66(32-30-64(36-51(70)76-56(2,3)4)37-52(71)77-57(5,6)7)33-31-65(38-53(72)78-58(8,9)10)39-54(73)79-59(11,12)13/h40-48,67H,20-39H2,1-19H3,(H,63,68)/t40-,41-,42+,43+,44-,45+,46+,47+,48+,61+,62-/m1/s1. The normalized spacial score (nSPS) is 27.0. The zero-order valence-electron chi connectivity index (χ0n) is 52.9. The first-order valence-electron chi connectivity index (χ1n) is 29.9. The Bertz CT molecular complexity index is 1990. The second kappa shape index (κ2) is 27.7. The van der Waals surface area contributed by atoms with Crippen molar-refractivity contribution in [1.82, 2.24) is 20.0 Å². The van der Waals surface area contributed by atoms with Crippen molar-refractivity contribution in [2.45, 2.75) is 248 Å². The fourth-order valence-corrected chi connectivity index (χ4v) is 14.0. The summed E-state index contributed by atoms with van der Waals surface area (Å²) in [5.41, 5.74) is -4.30. The first-order chi connectivity index (χ1) is 36.6. The number of ether oxygens (including phenoxy) is 6. The van der Waals surface area contributed by atoms with Crippen LogP contribution in [0.15, 0.2) is 0 Å². The van der Waals surface area contributed by atoms with Gasteiger partial charge >= 0.3 is 35.8 Å². The second-order valence-electron chi connectivity index (χ2n) is 29.5. The predicted molar refractivity (Wildman–Crippen MR) is 306 cm³/mol. The molecule has 4 fully saturated rings. The molecule has 0 bridgehead atoms. The topological polar surface area (TPSA) is 217 Å². The average molecular weight is 1130 g/mol. The second-order valence-corrected chi connectivity index (χ2v) is 29.5. The molecule has 0 saturated heterocycles. The predicted octanol–water partition coefficient (Wildman–Crippen LogP) is 8.45. The van der Waals surface area contributed by atoms with E-state index in [9.17, 15) is 38.7 Å². The van der Waals surface area contributed by atoms with Crippen LogP contribution >= 0.6 is 0 Å². The highest BCUT2D eigenvalue weighted by molar-refractivity contribution is 5.80. The van der Waals surface area contributed by atoms with Crippen LogP contribution in [-0.4, -0.2) is 167 Å². The van der Waals surface area contributed by atoms with Crippen LogP contribution in [-0.2, 0) is 62.0 Å². The third-order valence-electron chi connectivity index (χ3n) is 17.2. The molecule has 1 amide bonds. The van der Waals surface area contributed by atoms with Crippen LogP contribution in [0.25, 0.3) is 0 Å². The van der Waals surface area contributed by atoms with Gasteiger partial charge < -0.3 is 38.8 Å². The van der Waals surface area contributed by atoms with Gasteiger partial charge in [-0.1, -0.05) is 20.8 Å². The first kappa shape index (κ1) is 68.6. The summed E-state index contributed by atoms with van der Waals surface area (Å²) in [6, 6.07) is -1.09. The van der Waals surface area contributed by atoms with Gasteiger partial charge in [0.25, 0.3) is 0 Å². The van der Waals surface area contributed by atoms with E-state index in [2.05, 4.69) is 26.1 Å². The zero-order valence-corrected chi connectivity index (χ0v) is 52.9. The molecular formula is C62H108N4O14. The molecule has 0 unspecified atom stereocenters. The smallest absolute Gasteiger partial charge is 0.323 e. The number of amides is 1. The molecule has 80 heavy (non-hydrogen) atoms. The summed E-state index contributed by atoms with van der Waals surface area (Å²) in [5.74, 6) is -0.884. The van der Waals surface area contributed by atoms with Crippen LogP contribution in [0, 0.1) is 46.3 Å². The number of aliphatic hydroxyl groups excluding tert-OH is 1. The van der Waals surface area contributed by atoms with Gasteiger partial charge in [0.15, 0.2) is 0 Å². The summed E-state index contributed by atoms with van der Waals surface area (Å²) < 4.78 is 33.7. The Hall–Kier alpha value is -3.87. The Morgan fingerprint density at radius 3 is 1.46 bits per heavy atom. The highest BCUT2D eigenvalue weighted by atomic mass is 16.6. The number of rotatable bonds is 24. The van der Waals surface area contributed by atoms with E-state index in [0.717, 1.165) is 57.8 Å². The van der Waals surface area contributed by atoms with Crippen LogP contribution in [0.1, 0.15) is 202 Å². The lowest BCUT2D eigenvalue weighted by Gasteiger charge is -2.62. The van der Waals surface area contributed by atoms with Crippen molar-refractivity contribution < 1.29 is 67.1 Å². The number of fused-ring (bicyclic) bond motifs is 5. The molecule has 18 heteroatoms. The monoisotopic (exact) mass is 1130 g/mol. The number of hydrogen-bond acceptors (Lipinski definition) is 17. The molecule has 0 heterocycles. The van der Waals surface area contributed by atoms with Gasteiger partial charge in [0.2, 0.25) is 5.91 Å². The maximum absolute atomic E-state index is 14.6. The molecule has 11 atom stereocenters. The fraction of sp³-hybridized carbons (Fsp3) is 0.887. The van der Waals surface area contributed by atoms with Crippen LogP contribution in [0.5, 0.6) is 0 Å². The minimum absolute atomic E-state index is 0.0189. The summed E-state index contributed by atoms with van der Waals surface area (Å²) in [4.78, 5) is 99.5. The van der Waals surface area contributed by atoms with Crippen molar-refractivity contribution in [3.05, 3.63) is 0 Å². The van der Waals surface area contributed by atoms with E-state index in [1.54, 1.807) is 114 Å². The minimum atomic E-state index is -1.02. The molecule has 18 nitrogen and oxygen atoms in total. The quantitative estimate of drug-likeness (QED) is 0.0684. The summed E-state index contributed by atoms with van der Waals surface area (Å²) in [5, 5.41) is 15.5. The molecule has 460 valence electrons. The fourth-order valence-electron chi connectivity index (χ4n) is 14.0. The number of hydrogen-bond donors (Lipinski definition) is 2. The molecule has 4 aliphatic rings. The molecule has 0 aliphatic heterocycles. The number of aliphatic hydroxyl groups is 1. The lowest BCUT2D eigenvalue weighted by atomic mass is 9.43. The van der Waals surface area contributed by atoms with Gasteiger partial charge in [0.05, 0.1) is 39.4 Å². The average Bonchev–Trinajstić information content (AvgIpc) is 3.64. The van der Waals surface area contributed by atoms with E-state index in [1.807, 2.05) is 4.90 Å². The van der Waals surface area contributed by atoms with Crippen molar-refractivity contribution in [2.75, 3.05) is 59.5 Å². The van der Waals surface area contributed by atoms with Crippen LogP contribution < -0.4 is 5.32 Å². The Morgan fingerprint density at radius 1 is 0.562 bits per heavy atom. The highest BCUT2D eigenvalue weighted by Gasteiger charge is 2.64. The number of nitrogens with one attached hydrogen (secondary N) is 1. The van der Waals surface area contributed by atoms with Crippen LogP contribution in [0.2, 0.25) is 0 Å². The van der Waals surface area contributed by atoms with Gasteiger partial charge in [-0.05, 0) is 214 Å². The number of esters is 6. The first-order valence-corrected chi connectivity index (χ1v) is 29.9. The molecular weight excluding hydrogens is 1020 g/mol. The number of carbonyl (C=O) groups is 7. The van der Waals surface area contributed by atoms with Crippen molar-refractivity contribution in [2.24, 2.45) is 46.3 Å². The molecule has 0 aromatic heterocycles. The molecule has 4 saturated carbocycles. The van der Waals surface area contributed by atoms with E-state index in [4.69, 9.17) is 28.4 Å². The largest absolute Gasteiger partial charge is 0.469 e. The van der Waals surface area contributed by atoms with E-state index in [-0.39, 0.29) is 93.9 Å². The maximum atomic E-state index is 14.6. The summed E-state index contributed by atoms with van der Waals surface area (Å²) in [6.07, 6.45) is 8.38. The molecule has 0 radical (unpaired) electrons. The van der Waals surface area contributed by atoms with E-state index in [1.165, 1.54) is 7.11 Å². The Morgan fingerprint density at radius 2 is 1.02 bits per heavy atom. The summed E-state index contributed by atoms with van der Waals surface area (Å²) in [7, 11) is 1.43. The van der Waals surface area contributed by atoms with Gasteiger partial charge in [0, 0.05) is 45.1 Å². The minimum Gasteiger partial charge on any atom is -0.469 e. The molecule has 4 aliphatic carbocycles.